The Balaban J connectivity index is 2.18. The SMILES string of the molecule is COC(=O)c1ccc(Cl)cc1NCc1cnc(C)s1. The van der Waals surface area contributed by atoms with Crippen molar-refractivity contribution in [2.75, 3.05) is 12.4 Å². The van der Waals surface area contributed by atoms with Crippen LogP contribution in [0, 0.1) is 6.92 Å². The zero-order chi connectivity index (χ0) is 13.8. The molecule has 0 amide bonds. The first-order chi connectivity index (χ1) is 9.10. The topological polar surface area (TPSA) is 51.2 Å². The largest absolute Gasteiger partial charge is 0.465 e. The predicted octanol–water partition coefficient (Wildman–Crippen LogP) is 3.50. The standard InChI is InChI=1S/C13H13ClN2O2S/c1-8-15-6-10(19-8)7-16-12-5-9(14)3-4-11(12)13(17)18-2/h3-6,16H,7H2,1-2H3. The van der Waals surface area contributed by atoms with Crippen LogP contribution in [0.1, 0.15) is 20.2 Å². The van der Waals surface area contributed by atoms with E-state index in [1.54, 1.807) is 29.5 Å². The molecule has 2 rings (SSSR count). The molecule has 1 heterocycles. The molecule has 100 valence electrons. The number of thiazole rings is 1. The Morgan fingerprint density at radius 2 is 2.32 bits per heavy atom. The molecule has 0 fully saturated rings. The van der Waals surface area contributed by atoms with Gasteiger partial charge in [-0.25, -0.2) is 9.78 Å². The molecule has 1 aromatic carbocycles. The second-order valence-corrected chi connectivity index (χ2v) is 5.64. The summed E-state index contributed by atoms with van der Waals surface area (Å²) in [5.41, 5.74) is 1.12. The van der Waals surface area contributed by atoms with E-state index in [0.29, 0.717) is 22.8 Å². The number of anilines is 1. The van der Waals surface area contributed by atoms with E-state index in [1.165, 1.54) is 7.11 Å². The molecule has 1 aromatic heterocycles. The van der Waals surface area contributed by atoms with E-state index < -0.39 is 0 Å². The number of carbonyl (C=O) groups is 1. The van der Waals surface area contributed by atoms with Gasteiger partial charge in [0.1, 0.15) is 0 Å². The number of rotatable bonds is 4. The summed E-state index contributed by atoms with van der Waals surface area (Å²) in [7, 11) is 1.35. The third-order valence-corrected chi connectivity index (χ3v) is 3.66. The van der Waals surface area contributed by atoms with Gasteiger partial charge in [0.25, 0.3) is 0 Å². The molecular weight excluding hydrogens is 284 g/mol. The van der Waals surface area contributed by atoms with Gasteiger partial charge in [0.15, 0.2) is 0 Å². The molecule has 0 bridgehead atoms. The maximum Gasteiger partial charge on any atom is 0.339 e. The normalized spacial score (nSPS) is 10.3. The average Bonchev–Trinajstić information content (AvgIpc) is 2.81. The second kappa shape index (κ2) is 6.04. The van der Waals surface area contributed by atoms with Gasteiger partial charge in [-0.2, -0.15) is 0 Å². The summed E-state index contributed by atoms with van der Waals surface area (Å²) >= 11 is 7.56. The molecule has 0 saturated carbocycles. The van der Waals surface area contributed by atoms with Crippen LogP contribution in [0.5, 0.6) is 0 Å². The summed E-state index contributed by atoms with van der Waals surface area (Å²) in [4.78, 5) is 16.9. The maximum absolute atomic E-state index is 11.6. The number of hydrogen-bond acceptors (Lipinski definition) is 5. The smallest absolute Gasteiger partial charge is 0.339 e. The molecule has 0 saturated heterocycles. The van der Waals surface area contributed by atoms with Gasteiger partial charge in [-0.05, 0) is 25.1 Å². The van der Waals surface area contributed by atoms with E-state index in [1.807, 2.05) is 13.1 Å². The highest BCUT2D eigenvalue weighted by molar-refractivity contribution is 7.11. The fourth-order valence-electron chi connectivity index (χ4n) is 1.62. The molecule has 19 heavy (non-hydrogen) atoms. The summed E-state index contributed by atoms with van der Waals surface area (Å²) in [5.74, 6) is -0.389. The maximum atomic E-state index is 11.6. The first kappa shape index (κ1) is 13.8. The number of halogens is 1. The highest BCUT2D eigenvalue weighted by Gasteiger charge is 2.12. The molecule has 0 aliphatic carbocycles. The van der Waals surface area contributed by atoms with Gasteiger partial charge in [0.2, 0.25) is 0 Å². The molecule has 0 unspecified atom stereocenters. The number of esters is 1. The fraction of sp³-hybridized carbons (Fsp3) is 0.231. The molecule has 0 aliphatic rings. The Kier molecular flexibility index (Phi) is 4.39. The van der Waals surface area contributed by atoms with Crippen LogP contribution in [0.3, 0.4) is 0 Å². The molecule has 0 atom stereocenters. The van der Waals surface area contributed by atoms with Gasteiger partial charge >= 0.3 is 5.97 Å². The number of carbonyl (C=O) groups excluding carboxylic acids is 1. The Hall–Kier alpha value is -1.59. The molecule has 0 spiro atoms. The number of methoxy groups -OCH3 is 1. The Labute approximate surface area is 120 Å². The van der Waals surface area contributed by atoms with E-state index in [0.717, 1.165) is 9.88 Å². The van der Waals surface area contributed by atoms with Crippen LogP contribution in [0.15, 0.2) is 24.4 Å². The lowest BCUT2D eigenvalue weighted by molar-refractivity contribution is 0.0602. The number of aryl methyl sites for hydroxylation is 1. The van der Waals surface area contributed by atoms with Crippen LogP contribution in [0.2, 0.25) is 5.02 Å². The van der Waals surface area contributed by atoms with Crippen LogP contribution < -0.4 is 5.32 Å². The van der Waals surface area contributed by atoms with Crippen molar-refractivity contribution in [2.45, 2.75) is 13.5 Å². The lowest BCUT2D eigenvalue weighted by Gasteiger charge is -2.10. The van der Waals surface area contributed by atoms with Gasteiger partial charge < -0.3 is 10.1 Å². The molecule has 4 nitrogen and oxygen atoms in total. The van der Waals surface area contributed by atoms with Crippen LogP contribution in [0.25, 0.3) is 0 Å². The first-order valence-electron chi connectivity index (χ1n) is 5.63. The van der Waals surface area contributed by atoms with Crippen molar-refractivity contribution in [3.05, 3.63) is 44.9 Å². The molecule has 0 radical (unpaired) electrons. The molecule has 6 heteroatoms. The molecule has 2 aromatic rings. The summed E-state index contributed by atoms with van der Waals surface area (Å²) in [5, 5.41) is 4.76. The van der Waals surface area contributed by atoms with Crippen molar-refractivity contribution >= 4 is 34.6 Å². The van der Waals surface area contributed by atoms with Gasteiger partial charge in [0, 0.05) is 16.1 Å². The monoisotopic (exact) mass is 296 g/mol. The Bertz CT molecular complexity index is 598. The zero-order valence-electron chi connectivity index (χ0n) is 10.6. The van der Waals surface area contributed by atoms with Crippen molar-refractivity contribution < 1.29 is 9.53 Å². The van der Waals surface area contributed by atoms with E-state index >= 15 is 0 Å². The van der Waals surface area contributed by atoms with Gasteiger partial charge in [0.05, 0.1) is 29.9 Å². The van der Waals surface area contributed by atoms with Gasteiger partial charge in [-0.15, -0.1) is 11.3 Å². The number of hydrogen-bond donors (Lipinski definition) is 1. The number of ether oxygens (including phenoxy) is 1. The van der Waals surface area contributed by atoms with E-state index in [2.05, 4.69) is 10.3 Å². The van der Waals surface area contributed by atoms with E-state index in [9.17, 15) is 4.79 Å². The Morgan fingerprint density at radius 3 is 2.95 bits per heavy atom. The quantitative estimate of drug-likeness (QED) is 0.877. The highest BCUT2D eigenvalue weighted by Crippen LogP contribution is 2.23. The van der Waals surface area contributed by atoms with E-state index in [-0.39, 0.29) is 5.97 Å². The average molecular weight is 297 g/mol. The van der Waals surface area contributed by atoms with Crippen LogP contribution >= 0.6 is 22.9 Å². The number of aromatic nitrogens is 1. The zero-order valence-corrected chi connectivity index (χ0v) is 12.1. The van der Waals surface area contributed by atoms with Crippen LogP contribution in [0.4, 0.5) is 5.69 Å². The number of benzene rings is 1. The number of nitrogens with zero attached hydrogens (tertiary/aromatic N) is 1. The van der Waals surface area contributed by atoms with Gasteiger partial charge in [-0.3, -0.25) is 0 Å². The molecular formula is C13H13ClN2O2S. The van der Waals surface area contributed by atoms with Crippen molar-refractivity contribution in [3.63, 3.8) is 0 Å². The predicted molar refractivity (Wildman–Crippen MR) is 77.0 cm³/mol. The fourth-order valence-corrected chi connectivity index (χ4v) is 2.53. The minimum atomic E-state index is -0.389. The first-order valence-corrected chi connectivity index (χ1v) is 6.82. The summed E-state index contributed by atoms with van der Waals surface area (Å²) < 4.78 is 4.74. The lowest BCUT2D eigenvalue weighted by atomic mass is 10.2. The summed E-state index contributed by atoms with van der Waals surface area (Å²) in [6, 6.07) is 5.02. The highest BCUT2D eigenvalue weighted by atomic mass is 35.5. The molecule has 0 aliphatic heterocycles. The summed E-state index contributed by atoms with van der Waals surface area (Å²) in [6.45, 7) is 2.54. The number of nitrogens with one attached hydrogen (secondary N) is 1. The van der Waals surface area contributed by atoms with Gasteiger partial charge in [-0.1, -0.05) is 11.6 Å². The van der Waals surface area contributed by atoms with Crippen molar-refractivity contribution in [3.8, 4) is 0 Å². The second-order valence-electron chi connectivity index (χ2n) is 3.88. The Morgan fingerprint density at radius 1 is 1.53 bits per heavy atom. The van der Waals surface area contributed by atoms with Crippen molar-refractivity contribution in [1.82, 2.24) is 4.98 Å². The van der Waals surface area contributed by atoms with Crippen molar-refractivity contribution in [2.24, 2.45) is 0 Å². The third kappa shape index (κ3) is 3.45. The van der Waals surface area contributed by atoms with E-state index in [4.69, 9.17) is 16.3 Å². The van der Waals surface area contributed by atoms with Crippen LogP contribution in [-0.2, 0) is 11.3 Å². The lowest BCUT2D eigenvalue weighted by Crippen LogP contribution is -2.07. The molecule has 1 N–H and O–H groups in total. The van der Waals surface area contributed by atoms with Crippen LogP contribution in [-0.4, -0.2) is 18.1 Å². The minimum absolute atomic E-state index is 0.389. The van der Waals surface area contributed by atoms with Crippen molar-refractivity contribution in [1.29, 1.82) is 0 Å². The summed E-state index contributed by atoms with van der Waals surface area (Å²) in [6.07, 6.45) is 1.81. The minimum Gasteiger partial charge on any atom is -0.465 e. The third-order valence-electron chi connectivity index (χ3n) is 2.51.